The Morgan fingerprint density at radius 1 is 1.24 bits per heavy atom. The predicted molar refractivity (Wildman–Crippen MR) is 102 cm³/mol. The summed E-state index contributed by atoms with van der Waals surface area (Å²) in [5.41, 5.74) is 4.52. The standard InChI is InChI=1S/C17H21N3O3S2/c1-9-6-10(2)14(11(3)7-9)16-19-20-17(25-16)18-15(22)12(4)24-8-13(21)23-5/h6-7,12H,8H2,1-5H3,(H,18,20,22)/t12-/m1/s1. The van der Waals surface area contributed by atoms with Crippen LogP contribution in [0.25, 0.3) is 10.6 Å². The fourth-order valence-corrected chi connectivity index (χ4v) is 4.06. The summed E-state index contributed by atoms with van der Waals surface area (Å²) in [4.78, 5) is 23.3. The van der Waals surface area contributed by atoms with Crippen molar-refractivity contribution in [3.05, 3.63) is 28.8 Å². The number of thioether (sulfide) groups is 1. The van der Waals surface area contributed by atoms with Crippen molar-refractivity contribution in [1.82, 2.24) is 10.2 Å². The normalized spacial score (nSPS) is 11.9. The van der Waals surface area contributed by atoms with Crippen LogP contribution < -0.4 is 5.32 Å². The van der Waals surface area contributed by atoms with Crippen molar-refractivity contribution in [3.63, 3.8) is 0 Å². The first-order chi connectivity index (χ1) is 11.8. The highest BCUT2D eigenvalue weighted by Gasteiger charge is 2.18. The number of aromatic nitrogens is 2. The first-order valence-corrected chi connectivity index (χ1v) is 9.59. The average molecular weight is 380 g/mol. The first kappa shape index (κ1) is 19.4. The number of hydrogen-bond donors (Lipinski definition) is 1. The van der Waals surface area contributed by atoms with Crippen molar-refractivity contribution in [2.75, 3.05) is 18.2 Å². The Hall–Kier alpha value is -1.93. The van der Waals surface area contributed by atoms with Crippen LogP contribution in [0.2, 0.25) is 0 Å². The molecule has 1 N–H and O–H groups in total. The third kappa shape index (κ3) is 5.02. The Morgan fingerprint density at radius 2 is 1.88 bits per heavy atom. The molecule has 1 heterocycles. The largest absolute Gasteiger partial charge is 0.468 e. The van der Waals surface area contributed by atoms with E-state index >= 15 is 0 Å². The number of hydrogen-bond acceptors (Lipinski definition) is 7. The van der Waals surface area contributed by atoms with Crippen LogP contribution in [0.1, 0.15) is 23.6 Å². The minimum Gasteiger partial charge on any atom is -0.468 e. The van der Waals surface area contributed by atoms with Crippen LogP contribution in [0, 0.1) is 20.8 Å². The topological polar surface area (TPSA) is 81.2 Å². The van der Waals surface area contributed by atoms with Crippen molar-refractivity contribution < 1.29 is 14.3 Å². The summed E-state index contributed by atoms with van der Waals surface area (Å²) in [6, 6.07) is 4.21. The second-order valence-corrected chi connectivity index (χ2v) is 8.01. The molecule has 0 saturated heterocycles. The molecule has 1 aromatic carbocycles. The smallest absolute Gasteiger partial charge is 0.315 e. The zero-order valence-corrected chi connectivity index (χ0v) is 16.5. The lowest BCUT2D eigenvalue weighted by Crippen LogP contribution is -2.23. The number of amides is 1. The fourth-order valence-electron chi connectivity index (χ4n) is 2.43. The van der Waals surface area contributed by atoms with Gasteiger partial charge in [0.05, 0.1) is 18.1 Å². The lowest BCUT2D eigenvalue weighted by atomic mass is 10.0. The van der Waals surface area contributed by atoms with E-state index in [1.165, 1.54) is 35.8 Å². The van der Waals surface area contributed by atoms with E-state index in [1.807, 2.05) is 13.8 Å². The van der Waals surface area contributed by atoms with Gasteiger partial charge in [0.2, 0.25) is 11.0 Å². The number of carbonyl (C=O) groups is 2. The highest BCUT2D eigenvalue weighted by molar-refractivity contribution is 8.01. The number of methoxy groups -OCH3 is 1. The summed E-state index contributed by atoms with van der Waals surface area (Å²) in [6.07, 6.45) is 0. The van der Waals surface area contributed by atoms with Gasteiger partial charge < -0.3 is 4.74 Å². The number of carbonyl (C=O) groups excluding carboxylic acids is 2. The van der Waals surface area contributed by atoms with Crippen LogP contribution in [-0.2, 0) is 14.3 Å². The van der Waals surface area contributed by atoms with E-state index in [4.69, 9.17) is 0 Å². The molecule has 0 aliphatic heterocycles. The molecule has 6 nitrogen and oxygen atoms in total. The van der Waals surface area contributed by atoms with Crippen LogP contribution in [0.3, 0.4) is 0 Å². The van der Waals surface area contributed by atoms with Gasteiger partial charge in [0, 0.05) is 5.56 Å². The molecule has 0 radical (unpaired) electrons. The molecular formula is C17H21N3O3S2. The van der Waals surface area contributed by atoms with E-state index in [0.29, 0.717) is 5.13 Å². The van der Waals surface area contributed by atoms with Gasteiger partial charge in [-0.1, -0.05) is 29.0 Å². The number of nitrogens with one attached hydrogen (secondary N) is 1. The van der Waals surface area contributed by atoms with Gasteiger partial charge in [0.25, 0.3) is 0 Å². The second-order valence-electron chi connectivity index (χ2n) is 5.70. The third-order valence-electron chi connectivity index (χ3n) is 3.59. The maximum Gasteiger partial charge on any atom is 0.315 e. The molecule has 1 amide bonds. The zero-order valence-electron chi connectivity index (χ0n) is 14.9. The minimum absolute atomic E-state index is 0.133. The van der Waals surface area contributed by atoms with Crippen LogP contribution in [0.4, 0.5) is 5.13 Å². The van der Waals surface area contributed by atoms with E-state index < -0.39 is 5.25 Å². The molecule has 1 atom stereocenters. The molecule has 0 saturated carbocycles. The van der Waals surface area contributed by atoms with E-state index in [1.54, 1.807) is 6.92 Å². The monoisotopic (exact) mass is 379 g/mol. The molecule has 0 fully saturated rings. The van der Waals surface area contributed by atoms with Crippen molar-refractivity contribution in [2.45, 2.75) is 32.9 Å². The number of anilines is 1. The van der Waals surface area contributed by atoms with E-state index in [9.17, 15) is 9.59 Å². The quantitative estimate of drug-likeness (QED) is 0.775. The van der Waals surface area contributed by atoms with Crippen molar-refractivity contribution in [2.24, 2.45) is 0 Å². The summed E-state index contributed by atoms with van der Waals surface area (Å²) in [5.74, 6) is -0.434. The Labute approximate surface area is 155 Å². The summed E-state index contributed by atoms with van der Waals surface area (Å²) in [7, 11) is 1.32. The zero-order chi connectivity index (χ0) is 18.6. The van der Waals surface area contributed by atoms with Gasteiger partial charge in [-0.2, -0.15) is 0 Å². The molecule has 2 rings (SSSR count). The maximum absolute atomic E-state index is 12.2. The van der Waals surface area contributed by atoms with Crippen LogP contribution >= 0.6 is 23.1 Å². The van der Waals surface area contributed by atoms with Crippen LogP contribution in [-0.4, -0.2) is 40.2 Å². The molecule has 134 valence electrons. The molecule has 2 aromatic rings. The molecule has 0 bridgehead atoms. The highest BCUT2D eigenvalue weighted by atomic mass is 32.2. The Kier molecular flexibility index (Phi) is 6.55. The summed E-state index contributed by atoms with van der Waals surface area (Å²) in [5, 5.41) is 11.9. The predicted octanol–water partition coefficient (Wildman–Crippen LogP) is 3.36. The molecule has 25 heavy (non-hydrogen) atoms. The fraction of sp³-hybridized carbons (Fsp3) is 0.412. The Balaban J connectivity index is 2.07. The third-order valence-corrected chi connectivity index (χ3v) is 5.57. The van der Waals surface area contributed by atoms with Crippen LogP contribution in [0.5, 0.6) is 0 Å². The number of rotatable bonds is 6. The van der Waals surface area contributed by atoms with E-state index in [0.717, 1.165) is 21.7 Å². The lowest BCUT2D eigenvalue weighted by molar-refractivity contribution is -0.137. The van der Waals surface area contributed by atoms with Crippen molar-refractivity contribution in [1.29, 1.82) is 0 Å². The maximum atomic E-state index is 12.2. The SMILES string of the molecule is COC(=O)CS[C@H](C)C(=O)Nc1nnc(-c2c(C)cc(C)cc2C)s1. The average Bonchev–Trinajstić information content (AvgIpc) is 2.99. The molecular weight excluding hydrogens is 358 g/mol. The molecule has 0 unspecified atom stereocenters. The minimum atomic E-state index is -0.394. The van der Waals surface area contributed by atoms with Crippen molar-refractivity contribution >= 4 is 40.1 Å². The van der Waals surface area contributed by atoms with Gasteiger partial charge in [-0.15, -0.1) is 22.0 Å². The van der Waals surface area contributed by atoms with Gasteiger partial charge in [0.15, 0.2) is 0 Å². The highest BCUT2D eigenvalue weighted by Crippen LogP contribution is 2.32. The summed E-state index contributed by atoms with van der Waals surface area (Å²) in [6.45, 7) is 7.88. The number of aryl methyl sites for hydroxylation is 3. The van der Waals surface area contributed by atoms with Gasteiger partial charge in [-0.25, -0.2) is 0 Å². The first-order valence-electron chi connectivity index (χ1n) is 7.72. The number of benzene rings is 1. The van der Waals surface area contributed by atoms with Gasteiger partial charge in [0.1, 0.15) is 5.01 Å². The molecule has 1 aromatic heterocycles. The van der Waals surface area contributed by atoms with Gasteiger partial charge >= 0.3 is 5.97 Å². The van der Waals surface area contributed by atoms with Gasteiger partial charge in [-0.3, -0.25) is 14.9 Å². The Morgan fingerprint density at radius 3 is 2.48 bits per heavy atom. The number of nitrogens with zero attached hydrogens (tertiary/aromatic N) is 2. The molecule has 0 aliphatic rings. The second kappa shape index (κ2) is 8.44. The van der Waals surface area contributed by atoms with Gasteiger partial charge in [-0.05, 0) is 38.8 Å². The number of ether oxygens (including phenoxy) is 1. The molecule has 8 heteroatoms. The van der Waals surface area contributed by atoms with Crippen LogP contribution in [0.15, 0.2) is 12.1 Å². The summed E-state index contributed by atoms with van der Waals surface area (Å²) >= 11 is 2.56. The van der Waals surface area contributed by atoms with Crippen molar-refractivity contribution in [3.8, 4) is 10.6 Å². The van der Waals surface area contributed by atoms with E-state index in [2.05, 4.69) is 39.3 Å². The summed E-state index contributed by atoms with van der Waals surface area (Å²) < 4.78 is 4.57. The number of esters is 1. The lowest BCUT2D eigenvalue weighted by Gasteiger charge is -2.09. The molecule has 0 aliphatic carbocycles. The van der Waals surface area contributed by atoms with E-state index in [-0.39, 0.29) is 17.6 Å². The Bertz CT molecular complexity index is 766. The molecule has 0 spiro atoms.